The molecule has 1 aromatic heterocycles. The van der Waals surface area contributed by atoms with Crippen LogP contribution in [0.5, 0.6) is 6.01 Å². The van der Waals surface area contributed by atoms with E-state index in [0.717, 1.165) is 44.2 Å². The summed E-state index contributed by atoms with van der Waals surface area (Å²) in [6.07, 6.45) is 1.35. The second-order valence-electron chi connectivity index (χ2n) is 6.69. The van der Waals surface area contributed by atoms with Crippen molar-refractivity contribution in [1.29, 1.82) is 5.41 Å². The highest BCUT2D eigenvalue weighted by molar-refractivity contribution is 5.76. The number of hydrogen-bond donors (Lipinski definition) is 2. The minimum atomic E-state index is 0. The van der Waals surface area contributed by atoms with Crippen LogP contribution in [0.3, 0.4) is 0 Å². The smallest absolute Gasteiger partial charge is 0.320 e. The average molecular weight is 389 g/mol. The molecule has 0 amide bonds. The van der Waals surface area contributed by atoms with E-state index in [1.807, 2.05) is 50.2 Å². The number of nitrogen functional groups attached to an aromatic ring is 1. The minimum Gasteiger partial charge on any atom is -0.462 e. The normalized spacial score (nSPS) is 14.0. The molecule has 8 heteroatoms. The molecule has 1 aliphatic heterocycles. The Labute approximate surface area is 168 Å². The lowest BCUT2D eigenvalue weighted by Crippen LogP contribution is -2.38. The number of aromatic nitrogens is 2. The third-order valence-electron chi connectivity index (χ3n) is 4.12. The van der Waals surface area contributed by atoms with E-state index in [2.05, 4.69) is 14.9 Å². The van der Waals surface area contributed by atoms with Crippen molar-refractivity contribution in [3.8, 4) is 6.01 Å². The van der Waals surface area contributed by atoms with Crippen LogP contribution in [0.4, 0.5) is 11.6 Å². The summed E-state index contributed by atoms with van der Waals surface area (Å²) in [5, 5.41) is 6.92. The zero-order chi connectivity index (χ0) is 20.4. The Morgan fingerprint density at radius 3 is 2.64 bits per heavy atom. The van der Waals surface area contributed by atoms with E-state index in [4.69, 9.17) is 20.6 Å². The molecule has 2 heterocycles. The second kappa shape index (κ2) is 11.2. The fraction of sp³-hybridized carbons (Fsp3) is 0.450. The van der Waals surface area contributed by atoms with Crippen molar-refractivity contribution in [3.05, 3.63) is 41.5 Å². The van der Waals surface area contributed by atoms with Gasteiger partial charge in [-0.2, -0.15) is 9.97 Å². The SMILES string of the molecule is CN(C)c1cc(N)nc(OCCN2CCOCC2)n1.Cc1cccc(C=N)c1.[HH]. The topological polar surface area (TPSA) is 101 Å². The highest BCUT2D eigenvalue weighted by Crippen LogP contribution is 2.15. The van der Waals surface area contributed by atoms with Crippen LogP contribution in [-0.4, -0.2) is 74.6 Å². The van der Waals surface area contributed by atoms with Gasteiger partial charge in [-0.3, -0.25) is 4.90 Å². The first-order chi connectivity index (χ1) is 13.5. The molecule has 1 saturated heterocycles. The lowest BCUT2D eigenvalue weighted by molar-refractivity contribution is 0.0317. The molecular formula is C20H32N6O2. The second-order valence-corrected chi connectivity index (χ2v) is 6.69. The summed E-state index contributed by atoms with van der Waals surface area (Å²) in [5.74, 6) is 1.16. The Balaban J connectivity index is 0.000000355. The number of nitrogens with two attached hydrogens (primary N) is 1. The molecule has 1 aromatic carbocycles. The summed E-state index contributed by atoms with van der Waals surface area (Å²) >= 11 is 0. The molecule has 0 unspecified atom stereocenters. The Hall–Kier alpha value is -2.71. The third-order valence-corrected chi connectivity index (χ3v) is 4.12. The predicted molar refractivity (Wildman–Crippen MR) is 115 cm³/mol. The van der Waals surface area contributed by atoms with Crippen LogP contribution in [0, 0.1) is 12.3 Å². The molecule has 154 valence electrons. The van der Waals surface area contributed by atoms with Crippen molar-refractivity contribution in [2.45, 2.75) is 6.92 Å². The van der Waals surface area contributed by atoms with Gasteiger partial charge in [-0.25, -0.2) is 0 Å². The molecule has 3 rings (SSSR count). The van der Waals surface area contributed by atoms with E-state index < -0.39 is 0 Å². The fourth-order valence-corrected chi connectivity index (χ4v) is 2.57. The first-order valence-electron chi connectivity index (χ1n) is 9.30. The number of ether oxygens (including phenoxy) is 2. The van der Waals surface area contributed by atoms with Crippen molar-refractivity contribution in [3.63, 3.8) is 0 Å². The van der Waals surface area contributed by atoms with Gasteiger partial charge in [0.15, 0.2) is 0 Å². The maximum atomic E-state index is 6.92. The molecule has 28 heavy (non-hydrogen) atoms. The summed E-state index contributed by atoms with van der Waals surface area (Å²) in [7, 11) is 3.80. The standard InChI is InChI=1S/C12H21N5O2.C8H9N.H2/c1-16(2)11-9-10(13)14-12(15-11)19-8-5-17-3-6-18-7-4-17;1-7-3-2-4-8(5-7)6-9;/h9H,3-8H2,1-2H3,(H2,13,14,15);2-6,9H,1H3;1H. The molecule has 0 saturated carbocycles. The highest BCUT2D eigenvalue weighted by Gasteiger charge is 2.11. The number of nitrogens with zero attached hydrogens (tertiary/aromatic N) is 4. The quantitative estimate of drug-likeness (QED) is 0.731. The number of morpholine rings is 1. The fourth-order valence-electron chi connectivity index (χ4n) is 2.57. The van der Waals surface area contributed by atoms with Crippen LogP contribution in [-0.2, 0) is 4.74 Å². The average Bonchev–Trinajstić information content (AvgIpc) is 2.69. The first-order valence-corrected chi connectivity index (χ1v) is 9.30. The van der Waals surface area contributed by atoms with Gasteiger partial charge < -0.3 is 25.5 Å². The van der Waals surface area contributed by atoms with Crippen LogP contribution in [0.15, 0.2) is 30.3 Å². The van der Waals surface area contributed by atoms with Crippen LogP contribution in [0.2, 0.25) is 0 Å². The van der Waals surface area contributed by atoms with Crippen LogP contribution >= 0.6 is 0 Å². The molecule has 0 aliphatic carbocycles. The molecular weight excluding hydrogens is 356 g/mol. The van der Waals surface area contributed by atoms with Gasteiger partial charge in [0.25, 0.3) is 0 Å². The lowest BCUT2D eigenvalue weighted by Gasteiger charge is -2.26. The summed E-state index contributed by atoms with van der Waals surface area (Å²) in [5.41, 5.74) is 7.90. The van der Waals surface area contributed by atoms with Crippen LogP contribution in [0.25, 0.3) is 0 Å². The highest BCUT2D eigenvalue weighted by atomic mass is 16.5. The maximum Gasteiger partial charge on any atom is 0.320 e. The molecule has 1 fully saturated rings. The lowest BCUT2D eigenvalue weighted by atomic mass is 10.2. The Morgan fingerprint density at radius 2 is 2.04 bits per heavy atom. The molecule has 0 spiro atoms. The van der Waals surface area contributed by atoms with Crippen LogP contribution in [0.1, 0.15) is 12.6 Å². The van der Waals surface area contributed by atoms with Crippen molar-refractivity contribution >= 4 is 17.9 Å². The van der Waals surface area contributed by atoms with E-state index in [0.29, 0.717) is 18.4 Å². The monoisotopic (exact) mass is 388 g/mol. The Bertz CT molecular complexity index is 754. The van der Waals surface area contributed by atoms with E-state index in [9.17, 15) is 0 Å². The van der Waals surface area contributed by atoms with E-state index in [-0.39, 0.29) is 1.43 Å². The molecule has 0 radical (unpaired) electrons. The van der Waals surface area contributed by atoms with Crippen molar-refractivity contribution in [1.82, 2.24) is 14.9 Å². The number of aryl methyl sites for hydroxylation is 1. The summed E-state index contributed by atoms with van der Waals surface area (Å²) in [6, 6.07) is 9.92. The van der Waals surface area contributed by atoms with Gasteiger partial charge in [-0.1, -0.05) is 29.8 Å². The zero-order valence-corrected chi connectivity index (χ0v) is 16.9. The van der Waals surface area contributed by atoms with E-state index in [1.54, 1.807) is 6.07 Å². The first kappa shape index (κ1) is 21.6. The Morgan fingerprint density at radius 1 is 1.29 bits per heavy atom. The van der Waals surface area contributed by atoms with Gasteiger partial charge in [0.1, 0.15) is 18.2 Å². The van der Waals surface area contributed by atoms with Gasteiger partial charge >= 0.3 is 6.01 Å². The molecule has 2 aromatic rings. The third kappa shape index (κ3) is 7.50. The van der Waals surface area contributed by atoms with Crippen molar-refractivity contribution in [2.75, 3.05) is 64.2 Å². The van der Waals surface area contributed by atoms with Crippen molar-refractivity contribution in [2.24, 2.45) is 0 Å². The van der Waals surface area contributed by atoms with E-state index >= 15 is 0 Å². The minimum absolute atomic E-state index is 0. The largest absolute Gasteiger partial charge is 0.462 e. The van der Waals surface area contributed by atoms with Gasteiger partial charge in [0.05, 0.1) is 13.2 Å². The van der Waals surface area contributed by atoms with Crippen LogP contribution < -0.4 is 15.4 Å². The number of rotatable bonds is 6. The zero-order valence-electron chi connectivity index (χ0n) is 16.9. The van der Waals surface area contributed by atoms with Gasteiger partial charge in [0.2, 0.25) is 0 Å². The molecule has 0 bridgehead atoms. The van der Waals surface area contributed by atoms with Gasteiger partial charge in [-0.05, 0) is 12.5 Å². The predicted octanol–water partition coefficient (Wildman–Crippen LogP) is 2.07. The number of benzene rings is 1. The molecule has 0 atom stereocenters. The number of nitrogens with one attached hydrogen (secondary N) is 1. The van der Waals surface area contributed by atoms with Gasteiger partial charge in [0, 0.05) is 47.4 Å². The molecule has 3 N–H and O–H groups in total. The number of hydrogen-bond acceptors (Lipinski definition) is 8. The van der Waals surface area contributed by atoms with Crippen molar-refractivity contribution < 1.29 is 10.9 Å². The molecule has 8 nitrogen and oxygen atoms in total. The maximum absolute atomic E-state index is 6.92. The summed E-state index contributed by atoms with van der Waals surface area (Å²) < 4.78 is 10.9. The van der Waals surface area contributed by atoms with Gasteiger partial charge in [-0.15, -0.1) is 0 Å². The molecule has 1 aliphatic rings. The number of anilines is 2. The summed E-state index contributed by atoms with van der Waals surface area (Å²) in [4.78, 5) is 12.5. The summed E-state index contributed by atoms with van der Waals surface area (Å²) in [6.45, 7) is 6.90. The Kier molecular flexibility index (Phi) is 8.64. The van der Waals surface area contributed by atoms with E-state index in [1.165, 1.54) is 11.8 Å².